The molecule has 0 amide bonds. The van der Waals surface area contributed by atoms with E-state index in [1.165, 1.54) is 33.4 Å². The van der Waals surface area contributed by atoms with Crippen LogP contribution in [-0.4, -0.2) is 30.1 Å². The normalized spacial score (nSPS) is 12.9. The summed E-state index contributed by atoms with van der Waals surface area (Å²) in [5, 5.41) is 7.21. The molecule has 198 valence electrons. The Labute approximate surface area is 228 Å². The van der Waals surface area contributed by atoms with Gasteiger partial charge < -0.3 is 16.4 Å². The summed E-state index contributed by atoms with van der Waals surface area (Å²) >= 11 is 0. The molecule has 4 aromatic carbocycles. The number of benzene rings is 4. The van der Waals surface area contributed by atoms with Crippen LogP contribution in [0.25, 0.3) is 11.1 Å². The molecule has 0 aliphatic rings. The van der Waals surface area contributed by atoms with Crippen molar-refractivity contribution in [3.05, 3.63) is 131 Å². The topological polar surface area (TPSA) is 53.3 Å². The second-order valence-electron chi connectivity index (χ2n) is 10.4. The van der Waals surface area contributed by atoms with E-state index in [9.17, 15) is 0 Å². The van der Waals surface area contributed by atoms with Crippen molar-refractivity contribution in [1.29, 1.82) is 0 Å². The van der Waals surface area contributed by atoms with Crippen molar-refractivity contribution < 1.29 is 0 Å². The summed E-state index contributed by atoms with van der Waals surface area (Å²) < 4.78 is 0. The Hall–Kier alpha value is -3.28. The molecule has 0 saturated carbocycles. The maximum Gasteiger partial charge on any atom is 0.0238 e. The molecule has 4 rings (SSSR count). The van der Waals surface area contributed by atoms with E-state index in [4.69, 9.17) is 5.73 Å². The Morgan fingerprint density at radius 2 is 1.18 bits per heavy atom. The Bertz CT molecular complexity index is 1220. The zero-order valence-corrected chi connectivity index (χ0v) is 22.8. The molecular formula is C34H42N4. The first-order valence-corrected chi connectivity index (χ1v) is 13.7. The smallest absolute Gasteiger partial charge is 0.0238 e. The van der Waals surface area contributed by atoms with Gasteiger partial charge in [-0.05, 0) is 59.4 Å². The minimum Gasteiger partial charge on any atom is -0.327 e. The predicted molar refractivity (Wildman–Crippen MR) is 161 cm³/mol. The maximum absolute atomic E-state index is 6.19. The third-order valence-electron chi connectivity index (χ3n) is 6.67. The van der Waals surface area contributed by atoms with E-state index in [-0.39, 0.29) is 6.04 Å². The third kappa shape index (κ3) is 9.23. The Kier molecular flexibility index (Phi) is 10.7. The van der Waals surface area contributed by atoms with Crippen LogP contribution in [0.4, 0.5) is 0 Å². The van der Waals surface area contributed by atoms with Gasteiger partial charge in [-0.2, -0.15) is 0 Å². The van der Waals surface area contributed by atoms with Gasteiger partial charge in [-0.1, -0.05) is 97.1 Å². The lowest BCUT2D eigenvalue weighted by molar-refractivity contribution is 0.244. The standard InChI is InChI=1S/C34H42N4/c1-27(35)24-38(25-30-13-7-4-8-14-30)26-32-16-10-18-34(20-32)33-17-9-15-31(19-33)22-36-21-28(2)37-23-29-11-5-3-6-12-29/h3-20,27-28,36-37H,21-26,35H2,1-2H3. The largest absolute Gasteiger partial charge is 0.327 e. The highest BCUT2D eigenvalue weighted by atomic mass is 15.1. The lowest BCUT2D eigenvalue weighted by Gasteiger charge is -2.24. The molecule has 0 spiro atoms. The Morgan fingerprint density at radius 3 is 1.84 bits per heavy atom. The van der Waals surface area contributed by atoms with E-state index in [0.717, 1.165) is 39.3 Å². The van der Waals surface area contributed by atoms with Crippen molar-refractivity contribution in [2.75, 3.05) is 13.1 Å². The molecular weight excluding hydrogens is 464 g/mol. The first-order chi connectivity index (χ1) is 18.5. The fraction of sp³-hybridized carbons (Fsp3) is 0.294. The number of nitrogens with one attached hydrogen (secondary N) is 2. The zero-order valence-electron chi connectivity index (χ0n) is 22.8. The van der Waals surface area contributed by atoms with Gasteiger partial charge in [-0.25, -0.2) is 0 Å². The van der Waals surface area contributed by atoms with Gasteiger partial charge in [0.15, 0.2) is 0 Å². The SMILES string of the molecule is CC(N)CN(Cc1ccccc1)Cc1cccc(-c2cccc(CNCC(C)NCc3ccccc3)c2)c1. The number of hydrogen-bond acceptors (Lipinski definition) is 4. The van der Waals surface area contributed by atoms with Crippen molar-refractivity contribution in [3.8, 4) is 11.1 Å². The molecule has 2 atom stereocenters. The van der Waals surface area contributed by atoms with E-state index in [1.807, 2.05) is 0 Å². The van der Waals surface area contributed by atoms with Gasteiger partial charge in [0, 0.05) is 51.4 Å². The van der Waals surface area contributed by atoms with Gasteiger partial charge in [-0.3, -0.25) is 4.90 Å². The van der Waals surface area contributed by atoms with Crippen LogP contribution in [-0.2, 0) is 26.2 Å². The predicted octanol–water partition coefficient (Wildman–Crippen LogP) is 5.97. The number of nitrogens with two attached hydrogens (primary N) is 1. The van der Waals surface area contributed by atoms with Crippen LogP contribution in [0.3, 0.4) is 0 Å². The van der Waals surface area contributed by atoms with Crippen LogP contribution in [0.2, 0.25) is 0 Å². The second-order valence-corrected chi connectivity index (χ2v) is 10.4. The van der Waals surface area contributed by atoms with E-state index in [2.05, 4.69) is 139 Å². The fourth-order valence-corrected chi connectivity index (χ4v) is 4.80. The second kappa shape index (κ2) is 14.6. The van der Waals surface area contributed by atoms with Crippen LogP contribution in [0.15, 0.2) is 109 Å². The first-order valence-electron chi connectivity index (χ1n) is 13.7. The van der Waals surface area contributed by atoms with Gasteiger partial charge >= 0.3 is 0 Å². The van der Waals surface area contributed by atoms with Gasteiger partial charge in [0.1, 0.15) is 0 Å². The third-order valence-corrected chi connectivity index (χ3v) is 6.67. The number of nitrogens with zero attached hydrogens (tertiary/aromatic N) is 1. The van der Waals surface area contributed by atoms with Gasteiger partial charge in [0.2, 0.25) is 0 Å². The molecule has 38 heavy (non-hydrogen) atoms. The number of hydrogen-bond donors (Lipinski definition) is 3. The van der Waals surface area contributed by atoms with E-state index in [1.54, 1.807) is 0 Å². The summed E-state index contributed by atoms with van der Waals surface area (Å²) in [6.45, 7) is 9.60. The number of rotatable bonds is 14. The molecule has 0 heterocycles. The zero-order chi connectivity index (χ0) is 26.6. The molecule has 0 bridgehead atoms. The van der Waals surface area contributed by atoms with Crippen molar-refractivity contribution in [1.82, 2.24) is 15.5 Å². The van der Waals surface area contributed by atoms with E-state index < -0.39 is 0 Å². The molecule has 0 radical (unpaired) electrons. The molecule has 4 aromatic rings. The van der Waals surface area contributed by atoms with Crippen molar-refractivity contribution in [2.45, 2.75) is 52.1 Å². The quantitative estimate of drug-likeness (QED) is 0.197. The molecule has 2 unspecified atom stereocenters. The van der Waals surface area contributed by atoms with Crippen LogP contribution in [0.5, 0.6) is 0 Å². The highest BCUT2D eigenvalue weighted by Gasteiger charge is 2.11. The maximum atomic E-state index is 6.19. The molecule has 0 aliphatic carbocycles. The van der Waals surface area contributed by atoms with E-state index in [0.29, 0.717) is 6.04 Å². The average molecular weight is 507 g/mol. The first kappa shape index (κ1) is 27.7. The summed E-state index contributed by atoms with van der Waals surface area (Å²) in [5.41, 5.74) is 13.9. The Balaban J connectivity index is 1.33. The minimum absolute atomic E-state index is 0.127. The van der Waals surface area contributed by atoms with Crippen molar-refractivity contribution in [3.63, 3.8) is 0 Å². The summed E-state index contributed by atoms with van der Waals surface area (Å²) in [6, 6.07) is 39.5. The van der Waals surface area contributed by atoms with Crippen LogP contribution < -0.4 is 16.4 Å². The summed E-state index contributed by atoms with van der Waals surface area (Å²) in [4.78, 5) is 2.44. The van der Waals surface area contributed by atoms with Crippen LogP contribution >= 0.6 is 0 Å². The van der Waals surface area contributed by atoms with Gasteiger partial charge in [0.25, 0.3) is 0 Å². The highest BCUT2D eigenvalue weighted by Crippen LogP contribution is 2.23. The summed E-state index contributed by atoms with van der Waals surface area (Å²) in [5.74, 6) is 0. The summed E-state index contributed by atoms with van der Waals surface area (Å²) in [7, 11) is 0. The molecule has 0 fully saturated rings. The van der Waals surface area contributed by atoms with E-state index >= 15 is 0 Å². The van der Waals surface area contributed by atoms with Gasteiger partial charge in [-0.15, -0.1) is 0 Å². The molecule has 0 aliphatic heterocycles. The van der Waals surface area contributed by atoms with Crippen LogP contribution in [0, 0.1) is 0 Å². The highest BCUT2D eigenvalue weighted by molar-refractivity contribution is 5.65. The average Bonchev–Trinajstić information content (AvgIpc) is 2.93. The van der Waals surface area contributed by atoms with Crippen molar-refractivity contribution in [2.24, 2.45) is 5.73 Å². The van der Waals surface area contributed by atoms with Gasteiger partial charge in [0.05, 0.1) is 0 Å². The molecule has 4 heteroatoms. The molecule has 4 N–H and O–H groups in total. The van der Waals surface area contributed by atoms with Crippen molar-refractivity contribution >= 4 is 0 Å². The summed E-state index contributed by atoms with van der Waals surface area (Å²) in [6.07, 6.45) is 0. The minimum atomic E-state index is 0.127. The lowest BCUT2D eigenvalue weighted by Crippen LogP contribution is -2.35. The molecule has 0 aromatic heterocycles. The lowest BCUT2D eigenvalue weighted by atomic mass is 10.0. The fourth-order valence-electron chi connectivity index (χ4n) is 4.80. The van der Waals surface area contributed by atoms with Crippen LogP contribution in [0.1, 0.15) is 36.1 Å². The molecule has 0 saturated heterocycles. The monoisotopic (exact) mass is 506 g/mol. The Morgan fingerprint density at radius 1 is 0.632 bits per heavy atom. The molecule has 4 nitrogen and oxygen atoms in total.